The highest BCUT2D eigenvalue weighted by atomic mass is 16.1. The summed E-state index contributed by atoms with van der Waals surface area (Å²) in [6.45, 7) is 8.66. The predicted molar refractivity (Wildman–Crippen MR) is 64.4 cm³/mol. The van der Waals surface area contributed by atoms with E-state index < -0.39 is 0 Å². The number of rotatable bonds is 5. The molecule has 0 aromatic carbocycles. The van der Waals surface area contributed by atoms with E-state index in [-0.39, 0.29) is 11.9 Å². The number of H-pyrrole nitrogens is 1. The van der Waals surface area contributed by atoms with Crippen molar-refractivity contribution in [2.24, 2.45) is 0 Å². The molecular weight excluding hydrogens is 204 g/mol. The van der Waals surface area contributed by atoms with Gasteiger partial charge in [0.25, 0.3) is 0 Å². The summed E-state index contributed by atoms with van der Waals surface area (Å²) in [7, 11) is 0. The van der Waals surface area contributed by atoms with Crippen LogP contribution in [0, 0.1) is 13.8 Å². The van der Waals surface area contributed by atoms with Crippen LogP contribution in [0.3, 0.4) is 0 Å². The third-order valence-corrected chi connectivity index (χ3v) is 2.44. The van der Waals surface area contributed by atoms with E-state index in [0.29, 0.717) is 6.42 Å². The first-order valence-corrected chi connectivity index (χ1v) is 5.59. The number of amides is 1. The molecule has 0 saturated heterocycles. The van der Waals surface area contributed by atoms with Crippen molar-refractivity contribution in [1.29, 1.82) is 0 Å². The Kier molecular flexibility index (Phi) is 4.49. The van der Waals surface area contributed by atoms with Crippen molar-refractivity contribution >= 4 is 11.6 Å². The molecule has 0 aliphatic carbocycles. The highest BCUT2D eigenvalue weighted by Gasteiger charge is 2.12. The molecule has 1 unspecified atom stereocenters. The monoisotopic (exact) mass is 224 g/mol. The van der Waals surface area contributed by atoms with E-state index in [4.69, 9.17) is 0 Å². The third-order valence-electron chi connectivity index (χ3n) is 2.44. The van der Waals surface area contributed by atoms with Crippen LogP contribution < -0.4 is 10.6 Å². The zero-order valence-corrected chi connectivity index (χ0v) is 10.3. The lowest BCUT2D eigenvalue weighted by Gasteiger charge is -2.12. The zero-order valence-electron chi connectivity index (χ0n) is 10.3. The number of nitrogens with zero attached hydrogens (tertiary/aromatic N) is 1. The van der Waals surface area contributed by atoms with E-state index in [1.807, 2.05) is 27.7 Å². The van der Waals surface area contributed by atoms with Gasteiger partial charge in [-0.15, -0.1) is 0 Å². The Morgan fingerprint density at radius 1 is 1.50 bits per heavy atom. The molecule has 0 fully saturated rings. The Hall–Kier alpha value is -1.36. The van der Waals surface area contributed by atoms with Crippen LogP contribution in [0.25, 0.3) is 0 Å². The molecule has 0 saturated carbocycles. The van der Waals surface area contributed by atoms with E-state index in [9.17, 15) is 4.79 Å². The highest BCUT2D eigenvalue weighted by Crippen LogP contribution is 2.16. The average molecular weight is 224 g/mol. The minimum absolute atomic E-state index is 0.0149. The summed E-state index contributed by atoms with van der Waals surface area (Å²) in [5, 5.41) is 12.9. The van der Waals surface area contributed by atoms with Crippen molar-refractivity contribution in [2.75, 3.05) is 11.9 Å². The summed E-state index contributed by atoms with van der Waals surface area (Å²) in [4.78, 5) is 11.7. The summed E-state index contributed by atoms with van der Waals surface area (Å²) in [6.07, 6.45) is 0.470. The first-order valence-electron chi connectivity index (χ1n) is 5.59. The number of hydrogen-bond acceptors (Lipinski definition) is 3. The van der Waals surface area contributed by atoms with Crippen molar-refractivity contribution in [2.45, 2.75) is 40.2 Å². The Labute approximate surface area is 96.0 Å². The van der Waals surface area contributed by atoms with Gasteiger partial charge in [-0.25, -0.2) is 0 Å². The second-order valence-electron chi connectivity index (χ2n) is 4.02. The minimum atomic E-state index is 0.0149. The number of hydrogen-bond donors (Lipinski definition) is 3. The van der Waals surface area contributed by atoms with Crippen molar-refractivity contribution in [1.82, 2.24) is 15.5 Å². The fraction of sp³-hybridized carbons (Fsp3) is 0.636. The van der Waals surface area contributed by atoms with E-state index in [1.165, 1.54) is 0 Å². The average Bonchev–Trinajstić information content (AvgIpc) is 2.49. The predicted octanol–water partition coefficient (Wildman–Crippen LogP) is 1.35. The van der Waals surface area contributed by atoms with Crippen LogP contribution >= 0.6 is 0 Å². The molecule has 0 radical (unpaired) electrons. The number of nitrogens with one attached hydrogen (secondary N) is 3. The lowest BCUT2D eigenvalue weighted by molar-refractivity contribution is -0.116. The van der Waals surface area contributed by atoms with Gasteiger partial charge in [0.05, 0.1) is 17.1 Å². The summed E-state index contributed by atoms with van der Waals surface area (Å²) in [6, 6.07) is 0.192. The van der Waals surface area contributed by atoms with Gasteiger partial charge < -0.3 is 10.6 Å². The molecule has 1 aromatic heterocycles. The van der Waals surface area contributed by atoms with Crippen LogP contribution in [0.5, 0.6) is 0 Å². The van der Waals surface area contributed by atoms with Gasteiger partial charge in [-0.05, 0) is 27.3 Å². The Bertz CT molecular complexity index is 339. The Morgan fingerprint density at radius 2 is 2.19 bits per heavy atom. The van der Waals surface area contributed by atoms with Gasteiger partial charge in [-0.3, -0.25) is 9.89 Å². The van der Waals surface area contributed by atoms with Gasteiger partial charge in [0, 0.05) is 12.5 Å². The molecule has 0 bridgehead atoms. The molecule has 5 heteroatoms. The molecular formula is C11H20N4O. The van der Waals surface area contributed by atoms with Crippen LogP contribution in [0.2, 0.25) is 0 Å². The lowest BCUT2D eigenvalue weighted by atomic mass is 10.2. The molecule has 3 N–H and O–H groups in total. The van der Waals surface area contributed by atoms with Crippen molar-refractivity contribution in [3.63, 3.8) is 0 Å². The summed E-state index contributed by atoms with van der Waals surface area (Å²) >= 11 is 0. The molecule has 5 nitrogen and oxygen atoms in total. The molecule has 0 aliphatic heterocycles. The van der Waals surface area contributed by atoms with Gasteiger partial charge in [0.15, 0.2) is 0 Å². The minimum Gasteiger partial charge on any atom is -0.323 e. The first-order chi connectivity index (χ1) is 7.54. The van der Waals surface area contributed by atoms with Crippen LogP contribution in [0.1, 0.15) is 31.7 Å². The quantitative estimate of drug-likeness (QED) is 0.707. The normalized spacial score (nSPS) is 12.5. The second-order valence-corrected chi connectivity index (χ2v) is 4.02. The lowest BCUT2D eigenvalue weighted by Crippen LogP contribution is -2.30. The second kappa shape index (κ2) is 5.65. The maximum Gasteiger partial charge on any atom is 0.226 e. The first kappa shape index (κ1) is 12.7. The smallest absolute Gasteiger partial charge is 0.226 e. The van der Waals surface area contributed by atoms with Gasteiger partial charge >= 0.3 is 0 Å². The number of aryl methyl sites for hydroxylation is 2. The molecule has 90 valence electrons. The van der Waals surface area contributed by atoms with E-state index in [0.717, 1.165) is 23.6 Å². The topological polar surface area (TPSA) is 69.8 Å². The fourth-order valence-corrected chi connectivity index (χ4v) is 1.62. The van der Waals surface area contributed by atoms with E-state index >= 15 is 0 Å². The highest BCUT2D eigenvalue weighted by molar-refractivity contribution is 5.92. The number of aromatic amines is 1. The number of aromatic nitrogens is 2. The van der Waals surface area contributed by atoms with Crippen molar-refractivity contribution < 1.29 is 4.79 Å². The van der Waals surface area contributed by atoms with Crippen LogP contribution in [-0.4, -0.2) is 28.7 Å². The molecule has 16 heavy (non-hydrogen) atoms. The standard InChI is InChI=1S/C11H20N4O/c1-5-12-7(2)6-10(16)13-11-8(3)14-15-9(11)4/h7,12H,5-6H2,1-4H3,(H,13,16)(H,14,15). The zero-order chi connectivity index (χ0) is 12.1. The third kappa shape index (κ3) is 3.34. The largest absolute Gasteiger partial charge is 0.323 e. The molecule has 1 amide bonds. The molecule has 1 atom stereocenters. The molecule has 0 spiro atoms. The number of carbonyl (C=O) groups excluding carboxylic acids is 1. The van der Waals surface area contributed by atoms with E-state index in [1.54, 1.807) is 0 Å². The van der Waals surface area contributed by atoms with E-state index in [2.05, 4.69) is 20.8 Å². The van der Waals surface area contributed by atoms with Gasteiger partial charge in [-0.1, -0.05) is 6.92 Å². The SMILES string of the molecule is CCNC(C)CC(=O)Nc1c(C)n[nH]c1C. The van der Waals surface area contributed by atoms with Crippen LogP contribution in [0.4, 0.5) is 5.69 Å². The summed E-state index contributed by atoms with van der Waals surface area (Å²) in [5.74, 6) is 0.0149. The molecule has 0 aliphatic rings. The van der Waals surface area contributed by atoms with Gasteiger partial charge in [0.1, 0.15) is 0 Å². The van der Waals surface area contributed by atoms with Gasteiger partial charge in [0.2, 0.25) is 5.91 Å². The van der Waals surface area contributed by atoms with Crippen molar-refractivity contribution in [3.8, 4) is 0 Å². The molecule has 1 aromatic rings. The summed E-state index contributed by atoms with van der Waals surface area (Å²) in [5.41, 5.74) is 2.51. The molecule has 1 rings (SSSR count). The maximum atomic E-state index is 11.7. The Morgan fingerprint density at radius 3 is 2.69 bits per heavy atom. The number of carbonyl (C=O) groups is 1. The van der Waals surface area contributed by atoms with Crippen LogP contribution in [-0.2, 0) is 4.79 Å². The fourth-order valence-electron chi connectivity index (χ4n) is 1.62. The molecule has 1 heterocycles. The van der Waals surface area contributed by atoms with Crippen molar-refractivity contribution in [3.05, 3.63) is 11.4 Å². The Balaban J connectivity index is 2.52. The summed E-state index contributed by atoms with van der Waals surface area (Å²) < 4.78 is 0. The number of anilines is 1. The van der Waals surface area contributed by atoms with Crippen LogP contribution in [0.15, 0.2) is 0 Å². The maximum absolute atomic E-state index is 11.7. The van der Waals surface area contributed by atoms with Gasteiger partial charge in [-0.2, -0.15) is 5.10 Å².